The van der Waals surface area contributed by atoms with Crippen molar-refractivity contribution in [3.63, 3.8) is 0 Å². The van der Waals surface area contributed by atoms with Gasteiger partial charge in [-0.05, 0) is 112 Å². The number of hydrogen-bond donors (Lipinski definition) is 0. The summed E-state index contributed by atoms with van der Waals surface area (Å²) in [5.41, 5.74) is 11.8. The second kappa shape index (κ2) is 10.8. The summed E-state index contributed by atoms with van der Waals surface area (Å²) in [7, 11) is 0. The summed E-state index contributed by atoms with van der Waals surface area (Å²) in [4.78, 5) is 0. The molecule has 2 unspecified atom stereocenters. The molecule has 1 aromatic heterocycles. The standard InChI is InChI=1S/C49H50BNO2/c1-47(2,3)32-16-18-41-38(22-32)50-39-23-33(48(4,5)6)17-19-42(39)53-44-25-34(24-43(52-41)45(44)50)51-40-13-8-7-10-35(40)36-11-9-12-37(46(36)51)49-26-29-14-15-30(27-49)21-31(20-29)28-49/h7-13,16-19,22-25,29-31H,14-15,20-21,26-28H2,1-6H3. The quantitative estimate of drug-likeness (QED) is 0.168. The molecule has 6 aliphatic rings. The van der Waals surface area contributed by atoms with E-state index in [1.165, 1.54) is 88.8 Å². The molecule has 12 rings (SSSR count). The number of ether oxygens (including phenoxy) is 2. The van der Waals surface area contributed by atoms with Crippen LogP contribution in [-0.2, 0) is 16.2 Å². The summed E-state index contributed by atoms with van der Waals surface area (Å²) in [6.07, 6.45) is 9.74. The molecule has 0 amide bonds. The molecule has 0 N–H and O–H groups in total. The van der Waals surface area contributed by atoms with Gasteiger partial charge in [-0.1, -0.05) is 115 Å². The Morgan fingerprint density at radius 3 is 1.77 bits per heavy atom. The first-order valence-electron chi connectivity index (χ1n) is 20.3. The molecular formula is C49H50BNO2. The van der Waals surface area contributed by atoms with Crippen LogP contribution in [0.2, 0.25) is 0 Å². The number of benzene rings is 5. The number of para-hydroxylation sites is 2. The number of aromatic nitrogens is 1. The molecular weight excluding hydrogens is 645 g/mol. The maximum absolute atomic E-state index is 7.02. The van der Waals surface area contributed by atoms with Gasteiger partial charge in [-0.3, -0.25) is 0 Å². The SMILES string of the molecule is CC(C)(C)c1ccc2c(c1)B1c3cc(C(C)(C)C)ccc3Oc3cc(-n4c5ccccc5c5cccc(C67CC8CCC(CC(C8)C6)C7)c54)cc(c31)O2. The Morgan fingerprint density at radius 1 is 0.604 bits per heavy atom. The molecule has 4 fully saturated rings. The molecule has 3 heterocycles. The van der Waals surface area contributed by atoms with E-state index in [2.05, 4.69) is 137 Å². The van der Waals surface area contributed by atoms with Crippen LogP contribution in [0.15, 0.2) is 91.0 Å². The third-order valence-electron chi connectivity index (χ3n) is 14.1. The van der Waals surface area contributed by atoms with Crippen LogP contribution in [0.3, 0.4) is 0 Å². The Morgan fingerprint density at radius 2 is 1.17 bits per heavy atom. The summed E-state index contributed by atoms with van der Waals surface area (Å²) in [6, 6.07) is 34.6. The van der Waals surface area contributed by atoms with Crippen LogP contribution < -0.4 is 25.9 Å². The summed E-state index contributed by atoms with van der Waals surface area (Å²) >= 11 is 0. The Labute approximate surface area is 314 Å². The minimum Gasteiger partial charge on any atom is -0.458 e. The molecule has 6 aromatic rings. The fraction of sp³-hybridized carbons (Fsp3) is 0.388. The molecule has 4 heteroatoms. The van der Waals surface area contributed by atoms with E-state index in [0.29, 0.717) is 0 Å². The molecule has 2 atom stereocenters. The average molecular weight is 696 g/mol. The number of fused-ring (bicyclic) bond motifs is 8. The van der Waals surface area contributed by atoms with Crippen LogP contribution in [0.4, 0.5) is 0 Å². The molecule has 4 bridgehead atoms. The Bertz CT molecular complexity index is 2400. The van der Waals surface area contributed by atoms with E-state index in [1.807, 2.05) is 0 Å². The van der Waals surface area contributed by atoms with Gasteiger partial charge in [-0.25, -0.2) is 0 Å². The normalized spacial score (nSPS) is 24.0. The number of hydrogen-bond acceptors (Lipinski definition) is 2. The predicted octanol–water partition coefficient (Wildman–Crippen LogP) is 11.0. The van der Waals surface area contributed by atoms with E-state index in [0.717, 1.165) is 51.9 Å². The maximum atomic E-state index is 7.02. The van der Waals surface area contributed by atoms with Crippen molar-refractivity contribution in [1.29, 1.82) is 0 Å². The maximum Gasteiger partial charge on any atom is 0.260 e. The lowest BCUT2D eigenvalue weighted by Crippen LogP contribution is -2.57. The Kier molecular flexibility index (Phi) is 6.55. The number of rotatable bonds is 2. The molecule has 3 nitrogen and oxygen atoms in total. The van der Waals surface area contributed by atoms with Gasteiger partial charge >= 0.3 is 0 Å². The van der Waals surface area contributed by atoms with Gasteiger partial charge in [0.25, 0.3) is 6.71 Å². The van der Waals surface area contributed by atoms with E-state index < -0.39 is 0 Å². The van der Waals surface area contributed by atoms with Crippen molar-refractivity contribution in [2.24, 2.45) is 17.8 Å². The zero-order valence-corrected chi connectivity index (χ0v) is 32.2. The summed E-state index contributed by atoms with van der Waals surface area (Å²) in [5, 5.41) is 2.68. The van der Waals surface area contributed by atoms with Crippen LogP contribution in [-0.4, -0.2) is 11.3 Å². The second-order valence-electron chi connectivity index (χ2n) is 19.6. The van der Waals surface area contributed by atoms with E-state index in [-0.39, 0.29) is 23.0 Å². The molecule has 5 aromatic carbocycles. The highest BCUT2D eigenvalue weighted by atomic mass is 16.5. The molecule has 0 radical (unpaired) electrons. The van der Waals surface area contributed by atoms with Gasteiger partial charge in [-0.15, -0.1) is 0 Å². The van der Waals surface area contributed by atoms with Gasteiger partial charge in [0.05, 0.1) is 16.7 Å². The molecule has 53 heavy (non-hydrogen) atoms. The van der Waals surface area contributed by atoms with Gasteiger partial charge in [0.2, 0.25) is 0 Å². The Hall–Kier alpha value is -4.44. The van der Waals surface area contributed by atoms with Crippen LogP contribution in [0.25, 0.3) is 27.5 Å². The zero-order chi connectivity index (χ0) is 36.0. The highest BCUT2D eigenvalue weighted by molar-refractivity contribution is 6.98. The van der Waals surface area contributed by atoms with Gasteiger partial charge in [0.1, 0.15) is 23.0 Å². The van der Waals surface area contributed by atoms with Crippen molar-refractivity contribution in [3.8, 4) is 28.7 Å². The summed E-state index contributed by atoms with van der Waals surface area (Å²) in [6.45, 7) is 13.8. The zero-order valence-electron chi connectivity index (χ0n) is 32.2. The smallest absolute Gasteiger partial charge is 0.260 e. The van der Waals surface area contributed by atoms with E-state index in [4.69, 9.17) is 9.47 Å². The van der Waals surface area contributed by atoms with Crippen molar-refractivity contribution < 1.29 is 9.47 Å². The van der Waals surface area contributed by atoms with E-state index in [1.54, 1.807) is 5.56 Å². The third-order valence-corrected chi connectivity index (χ3v) is 14.1. The largest absolute Gasteiger partial charge is 0.458 e. The van der Waals surface area contributed by atoms with Crippen LogP contribution in [0.5, 0.6) is 23.0 Å². The second-order valence-corrected chi connectivity index (χ2v) is 19.6. The Balaban J connectivity index is 1.16. The van der Waals surface area contributed by atoms with Crippen molar-refractivity contribution in [3.05, 3.63) is 108 Å². The third kappa shape index (κ3) is 4.73. The van der Waals surface area contributed by atoms with Gasteiger partial charge in [0.15, 0.2) is 0 Å². The first-order valence-corrected chi connectivity index (χ1v) is 20.3. The van der Waals surface area contributed by atoms with Gasteiger partial charge in [0, 0.05) is 28.4 Å². The van der Waals surface area contributed by atoms with Gasteiger partial charge < -0.3 is 14.0 Å². The molecule has 0 saturated heterocycles. The molecule has 4 saturated carbocycles. The highest BCUT2D eigenvalue weighted by Crippen LogP contribution is 2.60. The summed E-state index contributed by atoms with van der Waals surface area (Å²) in [5.74, 6) is 6.28. The predicted molar refractivity (Wildman–Crippen MR) is 220 cm³/mol. The van der Waals surface area contributed by atoms with Crippen LogP contribution in [0.1, 0.15) is 103 Å². The molecule has 0 spiro atoms. The van der Waals surface area contributed by atoms with Gasteiger partial charge in [-0.2, -0.15) is 0 Å². The summed E-state index contributed by atoms with van der Waals surface area (Å²) < 4.78 is 16.6. The van der Waals surface area contributed by atoms with Crippen molar-refractivity contribution in [2.75, 3.05) is 0 Å². The topological polar surface area (TPSA) is 23.4 Å². The lowest BCUT2D eigenvalue weighted by atomic mass is 9.34. The van der Waals surface area contributed by atoms with E-state index in [9.17, 15) is 0 Å². The molecule has 4 aliphatic carbocycles. The fourth-order valence-electron chi connectivity index (χ4n) is 11.8. The minimum atomic E-state index is 0.0210. The minimum absolute atomic E-state index is 0.0210. The van der Waals surface area contributed by atoms with Crippen LogP contribution >= 0.6 is 0 Å². The lowest BCUT2D eigenvalue weighted by molar-refractivity contribution is 0.0992. The van der Waals surface area contributed by atoms with Crippen molar-refractivity contribution >= 4 is 44.9 Å². The van der Waals surface area contributed by atoms with Crippen LogP contribution in [0, 0.1) is 17.8 Å². The van der Waals surface area contributed by atoms with Crippen molar-refractivity contribution in [1.82, 2.24) is 4.57 Å². The first kappa shape index (κ1) is 32.0. The van der Waals surface area contributed by atoms with Crippen molar-refractivity contribution in [2.45, 2.75) is 103 Å². The first-order chi connectivity index (χ1) is 25.4. The lowest BCUT2D eigenvalue weighted by Gasteiger charge is -2.49. The highest BCUT2D eigenvalue weighted by Gasteiger charge is 2.50. The fourth-order valence-corrected chi connectivity index (χ4v) is 11.8. The number of nitrogens with zero attached hydrogens (tertiary/aromatic N) is 1. The average Bonchev–Trinajstić information content (AvgIpc) is 3.31. The molecule has 266 valence electrons. The van der Waals surface area contributed by atoms with E-state index >= 15 is 0 Å². The monoisotopic (exact) mass is 695 g/mol. The molecule has 2 aliphatic heterocycles.